The topological polar surface area (TPSA) is 49.4 Å². The van der Waals surface area contributed by atoms with E-state index in [1.807, 2.05) is 6.07 Å². The maximum atomic E-state index is 11.8. The summed E-state index contributed by atoms with van der Waals surface area (Å²) >= 11 is 5.85. The van der Waals surface area contributed by atoms with Crippen LogP contribution in [0, 0.1) is 5.92 Å². The summed E-state index contributed by atoms with van der Waals surface area (Å²) in [5, 5.41) is 3.29. The molecular weight excluding hydrogens is 240 g/mol. The Morgan fingerprint density at radius 1 is 1.47 bits per heavy atom. The van der Waals surface area contributed by atoms with Crippen molar-refractivity contribution in [3.63, 3.8) is 0 Å². The van der Waals surface area contributed by atoms with Gasteiger partial charge in [0.2, 0.25) is 11.8 Å². The molecule has 1 aliphatic rings. The quantitative estimate of drug-likeness (QED) is 0.771. The maximum absolute atomic E-state index is 11.8. The smallest absolute Gasteiger partial charge is 0.237 e. The molecule has 0 saturated carbocycles. The monoisotopic (exact) mass is 252 g/mol. The van der Waals surface area contributed by atoms with Crippen LogP contribution in [0.15, 0.2) is 18.2 Å². The van der Waals surface area contributed by atoms with Crippen LogP contribution in [0.4, 0.5) is 5.69 Å². The number of nitrogens with zero attached hydrogens (tertiary/aromatic N) is 1. The number of nitrogens with one attached hydrogen (secondary N) is 1. The third-order valence-electron chi connectivity index (χ3n) is 2.81. The van der Waals surface area contributed by atoms with E-state index < -0.39 is 5.92 Å². The van der Waals surface area contributed by atoms with Crippen molar-refractivity contribution in [2.75, 3.05) is 19.4 Å². The maximum Gasteiger partial charge on any atom is 0.237 e. The van der Waals surface area contributed by atoms with E-state index in [0.717, 1.165) is 5.56 Å². The van der Waals surface area contributed by atoms with Crippen LogP contribution >= 0.6 is 11.6 Å². The number of carbonyl (C=O) groups is 2. The summed E-state index contributed by atoms with van der Waals surface area (Å²) in [6.45, 7) is 0. The van der Waals surface area contributed by atoms with Gasteiger partial charge in [0.1, 0.15) is 5.92 Å². The third kappa shape index (κ3) is 2.26. The molecule has 1 N–H and O–H groups in total. The summed E-state index contributed by atoms with van der Waals surface area (Å²) in [7, 11) is 3.29. The first-order valence-corrected chi connectivity index (χ1v) is 5.67. The zero-order chi connectivity index (χ0) is 12.6. The summed E-state index contributed by atoms with van der Waals surface area (Å²) in [5.41, 5.74) is 1.64. The molecule has 0 aromatic heterocycles. The van der Waals surface area contributed by atoms with Crippen molar-refractivity contribution in [3.05, 3.63) is 28.8 Å². The van der Waals surface area contributed by atoms with E-state index in [9.17, 15) is 9.59 Å². The Kier molecular flexibility index (Phi) is 3.07. The lowest BCUT2D eigenvalue weighted by Gasteiger charge is -2.26. The van der Waals surface area contributed by atoms with Crippen LogP contribution in [0.1, 0.15) is 5.56 Å². The minimum atomic E-state index is -0.640. The van der Waals surface area contributed by atoms with E-state index in [1.165, 1.54) is 4.90 Å². The van der Waals surface area contributed by atoms with Gasteiger partial charge in [0.05, 0.1) is 0 Å². The Hall–Kier alpha value is -1.55. The van der Waals surface area contributed by atoms with Gasteiger partial charge in [0, 0.05) is 24.8 Å². The molecule has 0 bridgehead atoms. The molecule has 5 heteroatoms. The number of carbonyl (C=O) groups excluding carboxylic acids is 2. The summed E-state index contributed by atoms with van der Waals surface area (Å²) in [5.74, 6) is -1.08. The number of benzene rings is 1. The van der Waals surface area contributed by atoms with Crippen molar-refractivity contribution in [2.45, 2.75) is 6.42 Å². The molecule has 2 amide bonds. The van der Waals surface area contributed by atoms with E-state index >= 15 is 0 Å². The second-order valence-corrected chi connectivity index (χ2v) is 4.72. The molecule has 0 saturated heterocycles. The zero-order valence-electron chi connectivity index (χ0n) is 9.66. The molecule has 17 heavy (non-hydrogen) atoms. The minimum Gasteiger partial charge on any atom is -0.348 e. The Morgan fingerprint density at radius 3 is 2.82 bits per heavy atom. The molecule has 0 radical (unpaired) electrons. The van der Waals surface area contributed by atoms with Crippen LogP contribution in [-0.2, 0) is 16.0 Å². The van der Waals surface area contributed by atoms with Gasteiger partial charge in [-0.15, -0.1) is 0 Å². The van der Waals surface area contributed by atoms with E-state index in [1.54, 1.807) is 26.2 Å². The summed E-state index contributed by atoms with van der Waals surface area (Å²) in [6, 6.07) is 5.30. The molecule has 90 valence electrons. The highest BCUT2D eigenvalue weighted by Gasteiger charge is 2.32. The highest BCUT2D eigenvalue weighted by atomic mass is 35.5. The lowest BCUT2D eigenvalue weighted by atomic mass is 9.92. The predicted octanol–water partition coefficient (Wildman–Crippen LogP) is 1.54. The van der Waals surface area contributed by atoms with Crippen molar-refractivity contribution >= 4 is 29.1 Å². The summed E-state index contributed by atoms with van der Waals surface area (Å²) < 4.78 is 0. The fourth-order valence-corrected chi connectivity index (χ4v) is 2.06. The van der Waals surface area contributed by atoms with Gasteiger partial charge in [-0.1, -0.05) is 17.7 Å². The van der Waals surface area contributed by atoms with Crippen molar-refractivity contribution < 1.29 is 9.59 Å². The van der Waals surface area contributed by atoms with Gasteiger partial charge in [-0.25, -0.2) is 0 Å². The molecule has 1 heterocycles. The first kappa shape index (κ1) is 11.9. The average molecular weight is 253 g/mol. The van der Waals surface area contributed by atoms with Crippen molar-refractivity contribution in [1.82, 2.24) is 4.90 Å². The molecule has 1 aromatic carbocycles. The standard InChI is InChI=1S/C12H13ClN2O2/c1-15(2)12(17)9-5-7-3-4-8(13)6-10(7)14-11(9)16/h3-4,6,9H,5H2,1-2H3,(H,14,16). The molecule has 1 aromatic rings. The largest absolute Gasteiger partial charge is 0.348 e. The van der Waals surface area contributed by atoms with Crippen molar-refractivity contribution in [3.8, 4) is 0 Å². The van der Waals surface area contributed by atoms with Crippen LogP contribution in [0.3, 0.4) is 0 Å². The number of hydrogen-bond donors (Lipinski definition) is 1. The highest BCUT2D eigenvalue weighted by molar-refractivity contribution is 6.31. The van der Waals surface area contributed by atoms with E-state index in [-0.39, 0.29) is 11.8 Å². The normalized spacial score (nSPS) is 18.3. The average Bonchev–Trinajstić information content (AvgIpc) is 2.27. The van der Waals surface area contributed by atoms with Crippen molar-refractivity contribution in [1.29, 1.82) is 0 Å². The lowest BCUT2D eigenvalue weighted by Crippen LogP contribution is -2.41. The van der Waals surface area contributed by atoms with Gasteiger partial charge in [0.25, 0.3) is 0 Å². The number of fused-ring (bicyclic) bond motifs is 1. The first-order chi connectivity index (χ1) is 7.99. The number of rotatable bonds is 1. The Balaban J connectivity index is 2.30. The Labute approximate surface area is 105 Å². The zero-order valence-corrected chi connectivity index (χ0v) is 10.4. The lowest BCUT2D eigenvalue weighted by molar-refractivity contribution is -0.138. The molecular formula is C12H13ClN2O2. The third-order valence-corrected chi connectivity index (χ3v) is 3.04. The van der Waals surface area contributed by atoms with E-state index in [0.29, 0.717) is 17.1 Å². The van der Waals surface area contributed by atoms with Crippen LogP contribution in [0.5, 0.6) is 0 Å². The Bertz CT molecular complexity index is 485. The van der Waals surface area contributed by atoms with Gasteiger partial charge in [-0.05, 0) is 24.1 Å². The minimum absolute atomic E-state index is 0.178. The highest BCUT2D eigenvalue weighted by Crippen LogP contribution is 2.28. The molecule has 1 unspecified atom stereocenters. The van der Waals surface area contributed by atoms with E-state index in [4.69, 9.17) is 11.6 Å². The van der Waals surface area contributed by atoms with Crippen LogP contribution in [0.25, 0.3) is 0 Å². The second-order valence-electron chi connectivity index (χ2n) is 4.28. The first-order valence-electron chi connectivity index (χ1n) is 5.29. The van der Waals surface area contributed by atoms with Gasteiger partial charge in [0.15, 0.2) is 0 Å². The van der Waals surface area contributed by atoms with Gasteiger partial charge >= 0.3 is 0 Å². The molecule has 1 atom stereocenters. The number of amides is 2. The molecule has 0 aliphatic carbocycles. The second kappa shape index (κ2) is 4.37. The SMILES string of the molecule is CN(C)C(=O)C1Cc2ccc(Cl)cc2NC1=O. The van der Waals surface area contributed by atoms with Gasteiger partial charge < -0.3 is 10.2 Å². The van der Waals surface area contributed by atoms with Crippen molar-refractivity contribution in [2.24, 2.45) is 5.92 Å². The molecule has 2 rings (SSSR count). The fraction of sp³-hybridized carbons (Fsp3) is 0.333. The number of hydrogen-bond acceptors (Lipinski definition) is 2. The van der Waals surface area contributed by atoms with Crippen LogP contribution < -0.4 is 5.32 Å². The van der Waals surface area contributed by atoms with Crippen LogP contribution in [-0.4, -0.2) is 30.8 Å². The fourth-order valence-electron chi connectivity index (χ4n) is 1.89. The van der Waals surface area contributed by atoms with E-state index in [2.05, 4.69) is 5.32 Å². The number of anilines is 1. The van der Waals surface area contributed by atoms with Gasteiger partial charge in [-0.3, -0.25) is 9.59 Å². The van der Waals surface area contributed by atoms with Gasteiger partial charge in [-0.2, -0.15) is 0 Å². The Morgan fingerprint density at radius 2 is 2.18 bits per heavy atom. The summed E-state index contributed by atoms with van der Waals surface area (Å²) in [6.07, 6.45) is 0.426. The predicted molar refractivity (Wildman–Crippen MR) is 66.0 cm³/mol. The molecule has 0 spiro atoms. The van der Waals surface area contributed by atoms with Crippen LogP contribution in [0.2, 0.25) is 5.02 Å². The summed E-state index contributed by atoms with van der Waals surface area (Å²) in [4.78, 5) is 25.1. The molecule has 4 nitrogen and oxygen atoms in total. The molecule has 1 aliphatic heterocycles. The number of halogens is 1. The molecule has 0 fully saturated rings.